The van der Waals surface area contributed by atoms with E-state index in [4.69, 9.17) is 16.3 Å². The van der Waals surface area contributed by atoms with Gasteiger partial charge in [0.05, 0.1) is 6.61 Å². The first kappa shape index (κ1) is 14.7. The molecule has 3 aromatic rings. The van der Waals surface area contributed by atoms with Gasteiger partial charge in [-0.05, 0) is 35.8 Å². The van der Waals surface area contributed by atoms with E-state index in [0.717, 1.165) is 34.4 Å². The molecule has 0 bridgehead atoms. The summed E-state index contributed by atoms with van der Waals surface area (Å²) in [7, 11) is 0. The Balaban J connectivity index is 1.97. The highest BCUT2D eigenvalue weighted by atomic mass is 35.5. The quantitative estimate of drug-likeness (QED) is 0.489. The Morgan fingerprint density at radius 3 is 2.73 bits per heavy atom. The summed E-state index contributed by atoms with van der Waals surface area (Å²) in [5.41, 5.74) is 4.21. The summed E-state index contributed by atoms with van der Waals surface area (Å²) in [5, 5.41) is 1.17. The average molecular weight is 312 g/mol. The van der Waals surface area contributed by atoms with Crippen molar-refractivity contribution in [2.45, 2.75) is 6.42 Å². The number of halogens is 1. The molecule has 0 fully saturated rings. The van der Waals surface area contributed by atoms with Crippen LogP contribution in [0.5, 0.6) is 5.75 Å². The largest absolute Gasteiger partial charge is 0.493 e. The average Bonchev–Trinajstić information content (AvgIpc) is 3.03. The van der Waals surface area contributed by atoms with Crippen molar-refractivity contribution in [1.29, 1.82) is 0 Å². The smallest absolute Gasteiger partial charge is 0.127 e. The molecule has 1 aromatic heterocycles. The molecule has 0 aliphatic rings. The highest BCUT2D eigenvalue weighted by Gasteiger charge is 2.11. The predicted octanol–water partition coefficient (Wildman–Crippen LogP) is 5.24. The zero-order valence-corrected chi connectivity index (χ0v) is 13.1. The van der Waals surface area contributed by atoms with E-state index in [1.807, 2.05) is 36.5 Å². The summed E-state index contributed by atoms with van der Waals surface area (Å²) >= 11 is 5.72. The molecule has 22 heavy (non-hydrogen) atoms. The molecule has 2 nitrogen and oxygen atoms in total. The van der Waals surface area contributed by atoms with E-state index in [2.05, 4.69) is 29.8 Å². The van der Waals surface area contributed by atoms with Gasteiger partial charge in [-0.25, -0.2) is 0 Å². The maximum atomic E-state index is 5.86. The van der Waals surface area contributed by atoms with Crippen LogP contribution < -0.4 is 4.74 Å². The maximum absolute atomic E-state index is 5.86. The lowest BCUT2D eigenvalue weighted by molar-refractivity contribution is 0.317. The topological polar surface area (TPSA) is 25.0 Å². The fourth-order valence-corrected chi connectivity index (χ4v) is 2.68. The number of alkyl halides is 1. The number of fused-ring (bicyclic) bond motifs is 1. The SMILES string of the molecule is C=C(c1ccccc1OCCCCl)c1cccc2[nH]ccc12. The van der Waals surface area contributed by atoms with Crippen molar-refractivity contribution in [3.05, 3.63) is 72.4 Å². The van der Waals surface area contributed by atoms with Crippen LogP contribution in [-0.2, 0) is 0 Å². The van der Waals surface area contributed by atoms with Gasteiger partial charge in [0.25, 0.3) is 0 Å². The fourth-order valence-electron chi connectivity index (χ4n) is 2.57. The van der Waals surface area contributed by atoms with Crippen molar-refractivity contribution in [2.24, 2.45) is 0 Å². The minimum atomic E-state index is 0.603. The van der Waals surface area contributed by atoms with Crippen molar-refractivity contribution >= 4 is 28.1 Å². The summed E-state index contributed by atoms with van der Waals surface area (Å²) in [6.07, 6.45) is 2.78. The van der Waals surface area contributed by atoms with Gasteiger partial charge >= 0.3 is 0 Å². The molecule has 112 valence electrons. The third-order valence-electron chi connectivity index (χ3n) is 3.67. The normalized spacial score (nSPS) is 10.8. The highest BCUT2D eigenvalue weighted by Crippen LogP contribution is 2.33. The Morgan fingerprint density at radius 2 is 1.86 bits per heavy atom. The molecule has 1 heterocycles. The van der Waals surface area contributed by atoms with Gasteiger partial charge in [0.15, 0.2) is 0 Å². The highest BCUT2D eigenvalue weighted by molar-refractivity contribution is 6.17. The van der Waals surface area contributed by atoms with Crippen molar-refractivity contribution in [3.63, 3.8) is 0 Å². The van der Waals surface area contributed by atoms with Gasteiger partial charge in [-0.1, -0.05) is 36.9 Å². The molecule has 0 aliphatic heterocycles. The van der Waals surface area contributed by atoms with Gasteiger partial charge in [-0.15, -0.1) is 11.6 Å². The van der Waals surface area contributed by atoms with Crippen LogP contribution in [0.2, 0.25) is 0 Å². The Bertz CT molecular complexity index is 791. The number of aromatic amines is 1. The third-order valence-corrected chi connectivity index (χ3v) is 3.94. The van der Waals surface area contributed by atoms with Crippen LogP contribution in [0, 0.1) is 0 Å². The Hall–Kier alpha value is -2.19. The molecule has 2 aromatic carbocycles. The molecule has 0 amide bonds. The van der Waals surface area contributed by atoms with Crippen LogP contribution in [-0.4, -0.2) is 17.5 Å². The first-order valence-corrected chi connectivity index (χ1v) is 7.88. The zero-order chi connectivity index (χ0) is 15.4. The van der Waals surface area contributed by atoms with Gasteiger partial charge in [0.2, 0.25) is 0 Å². The lowest BCUT2D eigenvalue weighted by Crippen LogP contribution is -2.00. The monoisotopic (exact) mass is 311 g/mol. The molecule has 0 spiro atoms. The molecule has 3 heteroatoms. The first-order chi connectivity index (χ1) is 10.8. The second kappa shape index (κ2) is 6.71. The second-order valence-electron chi connectivity index (χ2n) is 5.11. The van der Waals surface area contributed by atoms with E-state index in [9.17, 15) is 0 Å². The third kappa shape index (κ3) is 2.88. The molecule has 1 N–H and O–H groups in total. The minimum absolute atomic E-state index is 0.603. The van der Waals surface area contributed by atoms with E-state index in [1.54, 1.807) is 0 Å². The Morgan fingerprint density at radius 1 is 1.05 bits per heavy atom. The zero-order valence-electron chi connectivity index (χ0n) is 12.3. The standard InChI is InChI=1S/C19H18ClNO/c1-14(15-7-4-8-18-17(15)10-12-21-18)16-6-2-3-9-19(16)22-13-5-11-20/h2-4,6-10,12,21H,1,5,11,13H2. The van der Waals surface area contributed by atoms with Crippen molar-refractivity contribution < 1.29 is 4.74 Å². The summed E-state index contributed by atoms with van der Waals surface area (Å²) in [6, 6.07) is 16.3. The molecular weight excluding hydrogens is 294 g/mol. The molecule has 0 saturated carbocycles. The van der Waals surface area contributed by atoms with Crippen LogP contribution >= 0.6 is 11.6 Å². The number of nitrogens with one attached hydrogen (secondary N) is 1. The number of ether oxygens (including phenoxy) is 1. The fraction of sp³-hybridized carbons (Fsp3) is 0.158. The summed E-state index contributed by atoms with van der Waals surface area (Å²) in [5.74, 6) is 1.45. The van der Waals surface area contributed by atoms with E-state index < -0.39 is 0 Å². The first-order valence-electron chi connectivity index (χ1n) is 7.35. The van der Waals surface area contributed by atoms with Gasteiger partial charge in [0, 0.05) is 28.5 Å². The number of hydrogen-bond acceptors (Lipinski definition) is 1. The maximum Gasteiger partial charge on any atom is 0.127 e. The number of H-pyrrole nitrogens is 1. The molecule has 0 saturated heterocycles. The van der Waals surface area contributed by atoms with Gasteiger partial charge in [0.1, 0.15) is 5.75 Å². The Kier molecular flexibility index (Phi) is 4.50. The Labute approximate surface area is 135 Å². The number of aromatic nitrogens is 1. The van der Waals surface area contributed by atoms with Crippen molar-refractivity contribution in [2.75, 3.05) is 12.5 Å². The van der Waals surface area contributed by atoms with E-state index >= 15 is 0 Å². The molecule has 0 radical (unpaired) electrons. The lowest BCUT2D eigenvalue weighted by Gasteiger charge is -2.14. The van der Waals surface area contributed by atoms with E-state index in [-0.39, 0.29) is 0 Å². The number of hydrogen-bond donors (Lipinski definition) is 1. The number of benzene rings is 2. The molecule has 0 atom stereocenters. The number of para-hydroxylation sites is 1. The van der Waals surface area contributed by atoms with E-state index in [0.29, 0.717) is 12.5 Å². The van der Waals surface area contributed by atoms with E-state index in [1.165, 1.54) is 5.39 Å². The van der Waals surface area contributed by atoms with Crippen LogP contribution in [0.3, 0.4) is 0 Å². The van der Waals surface area contributed by atoms with Gasteiger partial charge in [-0.3, -0.25) is 0 Å². The van der Waals surface area contributed by atoms with Gasteiger partial charge < -0.3 is 9.72 Å². The van der Waals surface area contributed by atoms with Gasteiger partial charge in [-0.2, -0.15) is 0 Å². The van der Waals surface area contributed by atoms with Crippen LogP contribution in [0.1, 0.15) is 17.5 Å². The minimum Gasteiger partial charge on any atom is -0.493 e. The van der Waals surface area contributed by atoms with Crippen LogP contribution in [0.25, 0.3) is 16.5 Å². The second-order valence-corrected chi connectivity index (χ2v) is 5.49. The van der Waals surface area contributed by atoms with Crippen LogP contribution in [0.15, 0.2) is 61.3 Å². The molecule has 0 aliphatic carbocycles. The number of rotatable bonds is 6. The predicted molar refractivity (Wildman–Crippen MR) is 93.7 cm³/mol. The van der Waals surface area contributed by atoms with Crippen molar-refractivity contribution in [3.8, 4) is 5.75 Å². The summed E-state index contributed by atoms with van der Waals surface area (Å²) in [4.78, 5) is 3.24. The molecule has 0 unspecified atom stereocenters. The van der Waals surface area contributed by atoms with Crippen molar-refractivity contribution in [1.82, 2.24) is 4.98 Å². The summed E-state index contributed by atoms with van der Waals surface area (Å²) in [6.45, 7) is 4.91. The van der Waals surface area contributed by atoms with Crippen LogP contribution in [0.4, 0.5) is 0 Å². The lowest BCUT2D eigenvalue weighted by atomic mass is 9.96. The molecule has 3 rings (SSSR count). The summed E-state index contributed by atoms with van der Waals surface area (Å²) < 4.78 is 5.86. The molecular formula is C19H18ClNO.